The standard InChI is InChI=1S/C20H24N4O3/c1-15-14-22-19(25)9-12-24(15)20(26)23-17-5-7-18(8-6-17)27-13-10-16-4-2-3-11-21-16/h2-8,11,15H,9-10,12-14H2,1H3,(H,22,25)(H,23,26)/t15-/m1/s1. The second-order valence-electron chi connectivity index (χ2n) is 6.47. The summed E-state index contributed by atoms with van der Waals surface area (Å²) in [5.41, 5.74) is 1.67. The summed E-state index contributed by atoms with van der Waals surface area (Å²) in [4.78, 5) is 29.9. The molecule has 7 heteroatoms. The number of ether oxygens (including phenoxy) is 1. The lowest BCUT2D eigenvalue weighted by Crippen LogP contribution is -2.44. The molecule has 3 rings (SSSR count). The summed E-state index contributed by atoms with van der Waals surface area (Å²) in [6, 6.07) is 12.8. The number of benzene rings is 1. The van der Waals surface area contributed by atoms with Gasteiger partial charge in [0.1, 0.15) is 5.75 Å². The highest BCUT2D eigenvalue weighted by atomic mass is 16.5. The van der Waals surface area contributed by atoms with Gasteiger partial charge >= 0.3 is 6.03 Å². The maximum absolute atomic E-state index is 12.5. The van der Waals surface area contributed by atoms with Gasteiger partial charge in [-0.25, -0.2) is 4.79 Å². The normalized spacial score (nSPS) is 17.0. The second kappa shape index (κ2) is 9.02. The van der Waals surface area contributed by atoms with Gasteiger partial charge in [-0.1, -0.05) is 6.07 Å². The van der Waals surface area contributed by atoms with Crippen LogP contribution in [0.3, 0.4) is 0 Å². The minimum atomic E-state index is -0.206. The average molecular weight is 368 g/mol. The van der Waals surface area contributed by atoms with Crippen LogP contribution >= 0.6 is 0 Å². The van der Waals surface area contributed by atoms with Crippen LogP contribution in [0.25, 0.3) is 0 Å². The van der Waals surface area contributed by atoms with Gasteiger partial charge in [0.15, 0.2) is 0 Å². The van der Waals surface area contributed by atoms with E-state index < -0.39 is 0 Å². The fraction of sp³-hybridized carbons (Fsp3) is 0.350. The third-order valence-corrected chi connectivity index (χ3v) is 4.43. The van der Waals surface area contributed by atoms with E-state index in [0.29, 0.717) is 31.8 Å². The first-order valence-electron chi connectivity index (χ1n) is 9.09. The highest BCUT2D eigenvalue weighted by molar-refractivity contribution is 5.90. The van der Waals surface area contributed by atoms with Crippen molar-refractivity contribution in [2.24, 2.45) is 0 Å². The van der Waals surface area contributed by atoms with Crippen LogP contribution in [-0.4, -0.2) is 47.6 Å². The van der Waals surface area contributed by atoms with E-state index in [-0.39, 0.29) is 18.0 Å². The number of carbonyl (C=O) groups is 2. The van der Waals surface area contributed by atoms with Gasteiger partial charge in [-0.3, -0.25) is 9.78 Å². The van der Waals surface area contributed by atoms with Crippen molar-refractivity contribution in [3.63, 3.8) is 0 Å². The Morgan fingerprint density at radius 3 is 2.85 bits per heavy atom. The van der Waals surface area contributed by atoms with E-state index in [1.54, 1.807) is 23.2 Å². The fourth-order valence-corrected chi connectivity index (χ4v) is 2.85. The van der Waals surface area contributed by atoms with E-state index in [0.717, 1.165) is 17.9 Å². The molecule has 3 amide bonds. The number of carbonyl (C=O) groups excluding carboxylic acids is 2. The van der Waals surface area contributed by atoms with Gasteiger partial charge in [-0.15, -0.1) is 0 Å². The summed E-state index contributed by atoms with van der Waals surface area (Å²) in [5.74, 6) is 0.714. The first kappa shape index (κ1) is 18.7. The van der Waals surface area contributed by atoms with Crippen LogP contribution in [0.4, 0.5) is 10.5 Å². The molecule has 1 aliphatic rings. The van der Waals surface area contributed by atoms with Gasteiger partial charge in [0, 0.05) is 49.6 Å². The van der Waals surface area contributed by atoms with Gasteiger partial charge in [0.05, 0.1) is 6.61 Å². The molecule has 0 radical (unpaired) electrons. The quantitative estimate of drug-likeness (QED) is 0.849. The van der Waals surface area contributed by atoms with Gasteiger partial charge < -0.3 is 20.3 Å². The number of rotatable bonds is 5. The monoisotopic (exact) mass is 368 g/mol. The van der Waals surface area contributed by atoms with Crippen molar-refractivity contribution in [3.05, 3.63) is 54.4 Å². The van der Waals surface area contributed by atoms with Crippen LogP contribution in [0.5, 0.6) is 5.75 Å². The van der Waals surface area contributed by atoms with Crippen molar-refractivity contribution in [3.8, 4) is 5.75 Å². The number of nitrogens with one attached hydrogen (secondary N) is 2. The van der Waals surface area contributed by atoms with Crippen LogP contribution in [0.15, 0.2) is 48.7 Å². The smallest absolute Gasteiger partial charge is 0.322 e. The molecule has 7 nitrogen and oxygen atoms in total. The third-order valence-electron chi connectivity index (χ3n) is 4.43. The van der Waals surface area contributed by atoms with E-state index in [1.165, 1.54) is 0 Å². The van der Waals surface area contributed by atoms with Crippen molar-refractivity contribution in [2.45, 2.75) is 25.8 Å². The van der Waals surface area contributed by atoms with Crippen molar-refractivity contribution in [1.29, 1.82) is 0 Å². The zero-order valence-electron chi connectivity index (χ0n) is 15.4. The summed E-state index contributed by atoms with van der Waals surface area (Å²) < 4.78 is 5.72. The Bertz CT molecular complexity index is 765. The van der Waals surface area contributed by atoms with Gasteiger partial charge in [0.25, 0.3) is 0 Å². The van der Waals surface area contributed by atoms with E-state index in [4.69, 9.17) is 4.74 Å². The summed E-state index contributed by atoms with van der Waals surface area (Å²) >= 11 is 0. The molecule has 1 saturated heterocycles. The summed E-state index contributed by atoms with van der Waals surface area (Å²) in [7, 11) is 0. The van der Waals surface area contributed by atoms with E-state index in [2.05, 4.69) is 15.6 Å². The number of hydrogen-bond donors (Lipinski definition) is 2. The highest BCUT2D eigenvalue weighted by Gasteiger charge is 2.24. The Morgan fingerprint density at radius 1 is 1.30 bits per heavy atom. The Labute approximate surface area is 158 Å². The molecule has 0 aliphatic carbocycles. The molecule has 2 heterocycles. The maximum Gasteiger partial charge on any atom is 0.322 e. The lowest BCUT2D eigenvalue weighted by molar-refractivity contribution is -0.120. The van der Waals surface area contributed by atoms with E-state index in [9.17, 15) is 9.59 Å². The van der Waals surface area contributed by atoms with E-state index in [1.807, 2.05) is 37.3 Å². The number of nitrogens with zero attached hydrogens (tertiary/aromatic N) is 2. The molecule has 0 unspecified atom stereocenters. The Kier molecular flexibility index (Phi) is 6.25. The van der Waals surface area contributed by atoms with Crippen LogP contribution in [0.1, 0.15) is 19.0 Å². The predicted molar refractivity (Wildman–Crippen MR) is 103 cm³/mol. The van der Waals surface area contributed by atoms with Crippen molar-refractivity contribution in [2.75, 3.05) is 25.0 Å². The number of hydrogen-bond acceptors (Lipinski definition) is 4. The number of amides is 3. The number of aromatic nitrogens is 1. The molecule has 2 aromatic rings. The second-order valence-corrected chi connectivity index (χ2v) is 6.47. The topological polar surface area (TPSA) is 83.6 Å². The molecule has 1 aromatic carbocycles. The average Bonchev–Trinajstić information content (AvgIpc) is 2.85. The molecule has 1 aromatic heterocycles. The largest absolute Gasteiger partial charge is 0.493 e. The zero-order chi connectivity index (χ0) is 19.1. The number of anilines is 1. The van der Waals surface area contributed by atoms with Crippen LogP contribution in [0, 0.1) is 0 Å². The Morgan fingerprint density at radius 2 is 2.11 bits per heavy atom. The molecule has 0 saturated carbocycles. The Hall–Kier alpha value is -3.09. The first-order valence-corrected chi connectivity index (χ1v) is 9.09. The molecule has 2 N–H and O–H groups in total. The Balaban J connectivity index is 1.49. The van der Waals surface area contributed by atoms with E-state index >= 15 is 0 Å². The number of urea groups is 1. The van der Waals surface area contributed by atoms with Crippen LogP contribution in [0.2, 0.25) is 0 Å². The predicted octanol–water partition coefficient (Wildman–Crippen LogP) is 2.45. The summed E-state index contributed by atoms with van der Waals surface area (Å²) in [5, 5.41) is 5.68. The van der Waals surface area contributed by atoms with Crippen molar-refractivity contribution >= 4 is 17.6 Å². The molecule has 0 bridgehead atoms. The molecule has 0 spiro atoms. The molecular formula is C20H24N4O3. The molecule has 1 atom stereocenters. The van der Waals surface area contributed by atoms with Gasteiger partial charge in [0.2, 0.25) is 5.91 Å². The minimum absolute atomic E-state index is 0.0237. The number of pyridine rings is 1. The first-order chi connectivity index (χ1) is 13.1. The highest BCUT2D eigenvalue weighted by Crippen LogP contribution is 2.17. The molecule has 142 valence electrons. The van der Waals surface area contributed by atoms with Crippen molar-refractivity contribution < 1.29 is 14.3 Å². The molecular weight excluding hydrogens is 344 g/mol. The summed E-state index contributed by atoms with van der Waals surface area (Å²) in [6.45, 7) is 3.33. The minimum Gasteiger partial charge on any atom is -0.493 e. The van der Waals surface area contributed by atoms with Gasteiger partial charge in [-0.05, 0) is 43.3 Å². The molecule has 1 aliphatic heterocycles. The zero-order valence-corrected chi connectivity index (χ0v) is 15.4. The summed E-state index contributed by atoms with van der Waals surface area (Å²) in [6.07, 6.45) is 2.82. The van der Waals surface area contributed by atoms with Gasteiger partial charge in [-0.2, -0.15) is 0 Å². The third kappa shape index (κ3) is 5.44. The lowest BCUT2D eigenvalue weighted by atomic mass is 10.2. The SMILES string of the molecule is C[C@@H]1CNC(=O)CCN1C(=O)Nc1ccc(OCCc2ccccn2)cc1. The fourth-order valence-electron chi connectivity index (χ4n) is 2.85. The van der Waals surface area contributed by atoms with Crippen molar-refractivity contribution in [1.82, 2.24) is 15.2 Å². The van der Waals surface area contributed by atoms with Crippen LogP contribution < -0.4 is 15.4 Å². The maximum atomic E-state index is 12.5. The lowest BCUT2D eigenvalue weighted by Gasteiger charge is -2.26. The molecule has 1 fully saturated rings. The van der Waals surface area contributed by atoms with Crippen LogP contribution in [-0.2, 0) is 11.2 Å². The molecule has 27 heavy (non-hydrogen) atoms.